The van der Waals surface area contributed by atoms with Gasteiger partial charge in [0.05, 0.1) is 0 Å². The zero-order valence-electron chi connectivity index (χ0n) is 3.13. The second-order valence-corrected chi connectivity index (χ2v) is 5.31. The lowest BCUT2D eigenvalue weighted by Gasteiger charge is -1.91. The molecule has 0 radical (unpaired) electrons. The highest BCUT2D eigenvalue weighted by Gasteiger charge is 1.57. The third kappa shape index (κ3) is 3.08. The van der Waals surface area contributed by atoms with Crippen molar-refractivity contribution in [2.45, 2.75) is 6.92 Å². The summed E-state index contributed by atoms with van der Waals surface area (Å²) in [5.41, 5.74) is 0. The highest BCUT2D eigenvalue weighted by molar-refractivity contribution is 8.56. The van der Waals surface area contributed by atoms with Gasteiger partial charge < -0.3 is 8.01 Å². The van der Waals surface area contributed by atoms with Crippen LogP contribution in [0.4, 0.5) is 0 Å². The molecule has 36 valence electrons. The average Bonchev–Trinajstić information content (AvgIpc) is 1.36. The zero-order valence-corrected chi connectivity index (χ0v) is 6.40. The molecule has 0 aromatic rings. The Labute approximate surface area is 53.8 Å². The summed E-state index contributed by atoms with van der Waals surface area (Å²) in [5.74, 6) is 0. The SMILES string of the molecule is CC(=S)[S-](=S)=S. The van der Waals surface area contributed by atoms with Crippen molar-refractivity contribution in [1.82, 2.24) is 0 Å². The predicted molar refractivity (Wildman–Crippen MR) is 40.4 cm³/mol. The van der Waals surface area contributed by atoms with Gasteiger partial charge in [-0.25, -0.2) is 0 Å². The van der Waals surface area contributed by atoms with E-state index in [0.29, 0.717) is 0 Å². The molecule has 0 aromatic carbocycles. The van der Waals surface area contributed by atoms with Crippen LogP contribution in [0.25, 0.3) is 0 Å². The third-order valence-corrected chi connectivity index (χ3v) is 3.34. The van der Waals surface area contributed by atoms with E-state index < -0.39 is 8.01 Å². The Kier molecular flexibility index (Phi) is 3.39. The maximum Gasteiger partial charge on any atom is -0.0530 e. The smallest absolute Gasteiger partial charge is 0.0530 e. The fourth-order valence-corrected chi connectivity index (χ4v) is 0. The first kappa shape index (κ1) is 6.88. The largest absolute Gasteiger partial charge is 0.313 e. The van der Waals surface area contributed by atoms with Gasteiger partial charge >= 0.3 is 0 Å². The lowest BCUT2D eigenvalue weighted by molar-refractivity contribution is 2.12. The van der Waals surface area contributed by atoms with E-state index in [1.807, 2.05) is 0 Å². The zero-order chi connectivity index (χ0) is 5.15. The molecule has 0 amide bonds. The Balaban J connectivity index is 3.94. The molecule has 0 rings (SSSR count). The minimum atomic E-state index is -0.469. The fourth-order valence-electron chi connectivity index (χ4n) is 0. The molecule has 0 atom stereocenters. The van der Waals surface area contributed by atoms with Crippen molar-refractivity contribution in [3.05, 3.63) is 0 Å². The van der Waals surface area contributed by atoms with Crippen molar-refractivity contribution < 1.29 is 0 Å². The van der Waals surface area contributed by atoms with Crippen LogP contribution < -0.4 is 0 Å². The van der Waals surface area contributed by atoms with Gasteiger partial charge in [-0.15, -0.1) is 12.2 Å². The quantitative estimate of drug-likeness (QED) is 0.376. The molecule has 0 saturated heterocycles. The minimum absolute atomic E-state index is 0.469. The highest BCUT2D eigenvalue weighted by Crippen LogP contribution is 1.71. The van der Waals surface area contributed by atoms with Crippen molar-refractivity contribution in [3.8, 4) is 0 Å². The molecule has 0 nitrogen and oxygen atoms in total. The summed E-state index contributed by atoms with van der Waals surface area (Å²) in [6.07, 6.45) is 0. The molecular weight excluding hydrogens is 152 g/mol. The van der Waals surface area contributed by atoms with Crippen molar-refractivity contribution >= 4 is 46.8 Å². The monoisotopic (exact) mass is 155 g/mol. The second-order valence-electron chi connectivity index (χ2n) is 0.726. The summed E-state index contributed by atoms with van der Waals surface area (Å²) in [7, 11) is -0.469. The second kappa shape index (κ2) is 2.96. The molecule has 0 aliphatic rings. The predicted octanol–water partition coefficient (Wildman–Crippen LogP) is 0.876. The van der Waals surface area contributed by atoms with E-state index in [2.05, 4.69) is 34.6 Å². The summed E-state index contributed by atoms with van der Waals surface area (Å²) < 4.78 is 0.750. The van der Waals surface area contributed by atoms with Crippen LogP contribution in [0.2, 0.25) is 0 Å². The Morgan fingerprint density at radius 1 is 1.50 bits per heavy atom. The normalized spacial score (nSPS) is 9.00. The van der Waals surface area contributed by atoms with Gasteiger partial charge in [-0.05, 0) is 0 Å². The minimum Gasteiger partial charge on any atom is -0.313 e. The van der Waals surface area contributed by atoms with Crippen LogP contribution in [-0.4, -0.2) is 4.20 Å². The maximum absolute atomic E-state index is 4.62. The number of hydrogen-bond acceptors (Lipinski definition) is 4. The Bertz CT molecular complexity index is 112. The number of rotatable bonds is 0. The lowest BCUT2D eigenvalue weighted by Crippen LogP contribution is -1.80. The van der Waals surface area contributed by atoms with Crippen LogP contribution in [0.5, 0.6) is 0 Å². The van der Waals surface area contributed by atoms with Crippen molar-refractivity contribution in [2.75, 3.05) is 0 Å². The maximum atomic E-state index is 4.62. The average molecular weight is 155 g/mol. The molecule has 0 aromatic heterocycles. The van der Waals surface area contributed by atoms with Crippen molar-refractivity contribution in [1.29, 1.82) is 0 Å². The third-order valence-electron chi connectivity index (χ3n) is 0.235. The van der Waals surface area contributed by atoms with Crippen LogP contribution in [-0.2, 0) is 30.4 Å². The van der Waals surface area contributed by atoms with Crippen LogP contribution in [0, 0.1) is 0 Å². The number of hydrogen-bond donors (Lipinski definition) is 0. The van der Waals surface area contributed by atoms with E-state index >= 15 is 0 Å². The first-order chi connectivity index (χ1) is 2.64. The topological polar surface area (TPSA) is 0 Å². The Morgan fingerprint density at radius 3 is 1.67 bits per heavy atom. The van der Waals surface area contributed by atoms with Gasteiger partial charge in [0.15, 0.2) is 0 Å². The van der Waals surface area contributed by atoms with E-state index in [1.54, 1.807) is 6.92 Å². The molecule has 0 unspecified atom stereocenters. The molecule has 0 fully saturated rings. The van der Waals surface area contributed by atoms with Crippen molar-refractivity contribution in [3.63, 3.8) is 0 Å². The first-order valence-electron chi connectivity index (χ1n) is 1.24. The van der Waals surface area contributed by atoms with Gasteiger partial charge in [0.1, 0.15) is 0 Å². The van der Waals surface area contributed by atoms with Gasteiger partial charge in [0, 0.05) is 0 Å². The Hall–Kier alpha value is 0.880. The Morgan fingerprint density at radius 2 is 1.67 bits per heavy atom. The number of thiocarbonyl (C=S) groups is 1. The molecule has 0 heterocycles. The molecular formula is C2H3S4-. The van der Waals surface area contributed by atoms with Gasteiger partial charge in [-0.3, -0.25) is 22.4 Å². The molecule has 0 bridgehead atoms. The fraction of sp³-hybridized carbons (Fsp3) is 0.500. The molecule has 0 aliphatic heterocycles. The van der Waals surface area contributed by atoms with Crippen LogP contribution in [0.15, 0.2) is 0 Å². The molecule has 0 saturated carbocycles. The summed E-state index contributed by atoms with van der Waals surface area (Å²) in [6, 6.07) is 0. The summed E-state index contributed by atoms with van der Waals surface area (Å²) in [4.78, 5) is 0. The summed E-state index contributed by atoms with van der Waals surface area (Å²) >= 11 is 13.8. The molecule has 6 heavy (non-hydrogen) atoms. The molecule has 0 aliphatic carbocycles. The van der Waals surface area contributed by atoms with Gasteiger partial charge in [-0.1, -0.05) is 11.1 Å². The standard InChI is InChI=1S/C2H3S4/c1-2(3)6(4)5/h1H3/q-1. The summed E-state index contributed by atoms with van der Waals surface area (Å²) in [5, 5.41) is 0. The van der Waals surface area contributed by atoms with E-state index in [-0.39, 0.29) is 0 Å². The molecule has 4 heteroatoms. The van der Waals surface area contributed by atoms with E-state index in [4.69, 9.17) is 0 Å². The van der Waals surface area contributed by atoms with Crippen LogP contribution in [0.3, 0.4) is 0 Å². The van der Waals surface area contributed by atoms with E-state index in [0.717, 1.165) is 4.20 Å². The molecule has 0 spiro atoms. The molecule has 0 N–H and O–H groups in total. The van der Waals surface area contributed by atoms with Gasteiger partial charge in [0.2, 0.25) is 0 Å². The van der Waals surface area contributed by atoms with Crippen LogP contribution >= 0.6 is 12.2 Å². The summed E-state index contributed by atoms with van der Waals surface area (Å²) in [6.45, 7) is 1.78. The van der Waals surface area contributed by atoms with Crippen molar-refractivity contribution in [2.24, 2.45) is 0 Å². The highest BCUT2D eigenvalue weighted by atomic mass is 33.1. The van der Waals surface area contributed by atoms with E-state index in [1.165, 1.54) is 0 Å². The van der Waals surface area contributed by atoms with Gasteiger partial charge in [0.25, 0.3) is 0 Å². The van der Waals surface area contributed by atoms with Crippen LogP contribution in [0.1, 0.15) is 6.92 Å². The van der Waals surface area contributed by atoms with Gasteiger partial charge in [-0.2, -0.15) is 0 Å². The van der Waals surface area contributed by atoms with E-state index in [9.17, 15) is 0 Å². The first-order valence-corrected chi connectivity index (χ1v) is 4.72. The lowest BCUT2D eigenvalue weighted by atomic mass is 11.0.